The molecule has 3 rings (SSSR count). The molecule has 0 saturated carbocycles. The van der Waals surface area contributed by atoms with E-state index in [0.29, 0.717) is 11.5 Å². The largest absolute Gasteiger partial charge is 0.508 e. The van der Waals surface area contributed by atoms with Crippen LogP contribution in [0.5, 0.6) is 5.75 Å². The quantitative estimate of drug-likeness (QED) is 0.572. The molecule has 2 N–H and O–H groups in total. The minimum atomic E-state index is 0.210. The molecule has 22 heavy (non-hydrogen) atoms. The van der Waals surface area contributed by atoms with Gasteiger partial charge in [-0.05, 0) is 48.5 Å². The number of nitrogens with one attached hydrogen (secondary N) is 1. The molecule has 5 nitrogen and oxygen atoms in total. The van der Waals surface area contributed by atoms with Crippen molar-refractivity contribution in [2.45, 2.75) is 0 Å². The number of benzene rings is 1. The molecule has 3 aromatic rings. The van der Waals surface area contributed by atoms with Crippen LogP contribution in [0, 0.1) is 0 Å². The number of hydrogen-bond donors (Lipinski definition) is 2. The van der Waals surface area contributed by atoms with E-state index in [-0.39, 0.29) is 5.75 Å². The van der Waals surface area contributed by atoms with Gasteiger partial charge >= 0.3 is 0 Å². The van der Waals surface area contributed by atoms with Crippen molar-refractivity contribution in [2.75, 3.05) is 5.43 Å². The standard InChI is InChI=1S/C17H14N4O/c22-14-9-7-13(8-10-14)17(15-5-1-3-11-18-15)21-20-16-6-2-4-12-19-16/h1-12,22H,(H,19,20)/b21-17-. The third-order valence-corrected chi connectivity index (χ3v) is 3.00. The first kappa shape index (κ1) is 13.8. The van der Waals surface area contributed by atoms with Crippen LogP contribution in [0.1, 0.15) is 11.3 Å². The molecule has 5 heteroatoms. The van der Waals surface area contributed by atoms with E-state index in [1.807, 2.05) is 36.4 Å². The van der Waals surface area contributed by atoms with Gasteiger partial charge < -0.3 is 5.11 Å². The Balaban J connectivity index is 1.98. The van der Waals surface area contributed by atoms with Gasteiger partial charge in [0.15, 0.2) is 0 Å². The fourth-order valence-electron chi connectivity index (χ4n) is 1.93. The number of pyridine rings is 2. The van der Waals surface area contributed by atoms with E-state index in [0.717, 1.165) is 11.3 Å². The fourth-order valence-corrected chi connectivity index (χ4v) is 1.93. The van der Waals surface area contributed by atoms with Gasteiger partial charge in [-0.3, -0.25) is 10.4 Å². The second kappa shape index (κ2) is 6.49. The van der Waals surface area contributed by atoms with Crippen molar-refractivity contribution in [3.63, 3.8) is 0 Å². The first-order valence-electron chi connectivity index (χ1n) is 6.78. The van der Waals surface area contributed by atoms with Crippen LogP contribution in [-0.4, -0.2) is 20.8 Å². The third kappa shape index (κ3) is 3.27. The fraction of sp³-hybridized carbons (Fsp3) is 0. The summed E-state index contributed by atoms with van der Waals surface area (Å²) in [5.74, 6) is 0.858. The molecule has 0 amide bonds. The Hall–Kier alpha value is -3.21. The van der Waals surface area contributed by atoms with Gasteiger partial charge in [0.05, 0.1) is 5.69 Å². The molecule has 0 aliphatic carbocycles. The van der Waals surface area contributed by atoms with Crippen LogP contribution in [0.3, 0.4) is 0 Å². The Morgan fingerprint density at radius 3 is 2.23 bits per heavy atom. The summed E-state index contributed by atoms with van der Waals surface area (Å²) in [7, 11) is 0. The number of hydrogen-bond acceptors (Lipinski definition) is 5. The van der Waals surface area contributed by atoms with E-state index in [1.54, 1.807) is 36.7 Å². The van der Waals surface area contributed by atoms with Crippen molar-refractivity contribution >= 4 is 11.5 Å². The lowest BCUT2D eigenvalue weighted by molar-refractivity contribution is 0.475. The predicted molar refractivity (Wildman–Crippen MR) is 85.8 cm³/mol. The van der Waals surface area contributed by atoms with Crippen molar-refractivity contribution in [2.24, 2.45) is 5.10 Å². The maximum atomic E-state index is 9.44. The lowest BCUT2D eigenvalue weighted by Crippen LogP contribution is -2.08. The van der Waals surface area contributed by atoms with Crippen LogP contribution < -0.4 is 5.43 Å². The second-order valence-electron chi connectivity index (χ2n) is 4.55. The van der Waals surface area contributed by atoms with E-state index in [2.05, 4.69) is 20.5 Å². The Morgan fingerprint density at radius 1 is 0.864 bits per heavy atom. The van der Waals surface area contributed by atoms with Crippen LogP contribution in [0.25, 0.3) is 0 Å². The molecule has 108 valence electrons. The summed E-state index contributed by atoms with van der Waals surface area (Å²) in [6.45, 7) is 0. The Kier molecular flexibility index (Phi) is 4.06. The molecule has 2 aromatic heterocycles. The van der Waals surface area contributed by atoms with Crippen molar-refractivity contribution in [1.82, 2.24) is 9.97 Å². The summed E-state index contributed by atoms with van der Waals surface area (Å²) in [6, 6.07) is 18.0. The molecular formula is C17H14N4O. The average molecular weight is 290 g/mol. The lowest BCUT2D eigenvalue weighted by atomic mass is 10.1. The lowest BCUT2D eigenvalue weighted by Gasteiger charge is -2.07. The van der Waals surface area contributed by atoms with Gasteiger partial charge in [0.2, 0.25) is 0 Å². The zero-order chi connectivity index (χ0) is 15.2. The van der Waals surface area contributed by atoms with Gasteiger partial charge in [-0.1, -0.05) is 12.1 Å². The van der Waals surface area contributed by atoms with Gasteiger partial charge in [0, 0.05) is 18.0 Å². The summed E-state index contributed by atoms with van der Waals surface area (Å²) < 4.78 is 0. The first-order valence-corrected chi connectivity index (χ1v) is 6.78. The van der Waals surface area contributed by atoms with Crippen LogP contribution in [0.2, 0.25) is 0 Å². The van der Waals surface area contributed by atoms with Crippen molar-refractivity contribution < 1.29 is 5.11 Å². The van der Waals surface area contributed by atoms with Gasteiger partial charge in [-0.2, -0.15) is 5.10 Å². The molecule has 0 spiro atoms. The number of aromatic nitrogens is 2. The number of phenols is 1. The monoisotopic (exact) mass is 290 g/mol. The highest BCUT2D eigenvalue weighted by molar-refractivity contribution is 6.11. The van der Waals surface area contributed by atoms with Crippen molar-refractivity contribution in [1.29, 1.82) is 0 Å². The Morgan fingerprint density at radius 2 is 1.59 bits per heavy atom. The molecule has 1 aromatic carbocycles. The number of nitrogens with zero attached hydrogens (tertiary/aromatic N) is 3. The van der Waals surface area contributed by atoms with Crippen LogP contribution in [-0.2, 0) is 0 Å². The summed E-state index contributed by atoms with van der Waals surface area (Å²) in [6.07, 6.45) is 3.41. The molecule has 0 saturated heterocycles. The van der Waals surface area contributed by atoms with Gasteiger partial charge in [0.1, 0.15) is 17.3 Å². The van der Waals surface area contributed by atoms with E-state index in [4.69, 9.17) is 0 Å². The molecule has 0 fully saturated rings. The smallest absolute Gasteiger partial charge is 0.146 e. The SMILES string of the molecule is Oc1ccc(/C(=N/Nc2ccccn2)c2ccccn2)cc1. The van der Waals surface area contributed by atoms with Gasteiger partial charge in [-0.25, -0.2) is 4.98 Å². The van der Waals surface area contributed by atoms with Crippen molar-refractivity contribution in [3.8, 4) is 5.75 Å². The Labute approximate surface area is 128 Å². The number of phenolic OH excluding ortho intramolecular Hbond substituents is 1. The summed E-state index contributed by atoms with van der Waals surface area (Å²) >= 11 is 0. The second-order valence-corrected chi connectivity index (χ2v) is 4.55. The van der Waals surface area contributed by atoms with Crippen LogP contribution in [0.15, 0.2) is 78.2 Å². The minimum absolute atomic E-state index is 0.210. The van der Waals surface area contributed by atoms with Gasteiger partial charge in [0.25, 0.3) is 0 Å². The molecule has 0 atom stereocenters. The van der Waals surface area contributed by atoms with E-state index in [9.17, 15) is 5.11 Å². The maximum absolute atomic E-state index is 9.44. The summed E-state index contributed by atoms with van der Waals surface area (Å²) in [5.41, 5.74) is 5.18. The molecule has 0 radical (unpaired) electrons. The number of anilines is 1. The Bertz CT molecular complexity index is 756. The molecule has 0 unspecified atom stereocenters. The number of aromatic hydroxyl groups is 1. The molecule has 2 heterocycles. The van der Waals surface area contributed by atoms with E-state index < -0.39 is 0 Å². The van der Waals surface area contributed by atoms with E-state index >= 15 is 0 Å². The summed E-state index contributed by atoms with van der Waals surface area (Å²) in [4.78, 5) is 8.51. The molecular weight excluding hydrogens is 276 g/mol. The van der Waals surface area contributed by atoms with Crippen LogP contribution in [0.4, 0.5) is 5.82 Å². The van der Waals surface area contributed by atoms with E-state index in [1.165, 1.54) is 0 Å². The zero-order valence-corrected chi connectivity index (χ0v) is 11.7. The molecule has 0 aliphatic heterocycles. The third-order valence-electron chi connectivity index (χ3n) is 3.00. The average Bonchev–Trinajstić information content (AvgIpc) is 2.58. The predicted octanol–water partition coefficient (Wildman–Crippen LogP) is 3.05. The molecule has 0 aliphatic rings. The number of hydrazone groups is 1. The highest BCUT2D eigenvalue weighted by Crippen LogP contribution is 2.14. The normalized spacial score (nSPS) is 11.2. The van der Waals surface area contributed by atoms with Gasteiger partial charge in [-0.15, -0.1) is 0 Å². The van der Waals surface area contributed by atoms with Crippen molar-refractivity contribution in [3.05, 3.63) is 84.3 Å². The summed E-state index contributed by atoms with van der Waals surface area (Å²) in [5, 5.41) is 13.9. The number of rotatable bonds is 4. The first-order chi connectivity index (χ1) is 10.8. The molecule has 0 bridgehead atoms. The highest BCUT2D eigenvalue weighted by atomic mass is 16.3. The highest BCUT2D eigenvalue weighted by Gasteiger charge is 2.08. The zero-order valence-electron chi connectivity index (χ0n) is 11.7. The topological polar surface area (TPSA) is 70.4 Å². The minimum Gasteiger partial charge on any atom is -0.508 e. The van der Waals surface area contributed by atoms with Crippen LogP contribution >= 0.6 is 0 Å². The maximum Gasteiger partial charge on any atom is 0.146 e.